The Labute approximate surface area is 200 Å². The fraction of sp³-hybridized carbons (Fsp3) is 0.120. The molecule has 1 heterocycles. The number of benzene rings is 3. The first-order valence-electron chi connectivity index (χ1n) is 10.6. The second-order valence-electron chi connectivity index (χ2n) is 7.74. The topological polar surface area (TPSA) is 101 Å². The minimum Gasteiger partial charge on any atom is -0.441 e. The van der Waals surface area contributed by atoms with Gasteiger partial charge >= 0.3 is 0 Å². The highest BCUT2D eigenvalue weighted by Gasteiger charge is 2.16. The molecule has 0 aliphatic rings. The quantitative estimate of drug-likeness (QED) is 0.344. The van der Waals surface area contributed by atoms with Crippen LogP contribution in [0.4, 0.5) is 20.2 Å². The lowest BCUT2D eigenvalue weighted by Gasteiger charge is -2.13. The molecule has 0 atom stereocenters. The number of halogens is 2. The van der Waals surface area contributed by atoms with Crippen LogP contribution in [0.2, 0.25) is 0 Å². The number of nitrogens with one attached hydrogen (secondary N) is 2. The van der Waals surface area contributed by atoms with Crippen molar-refractivity contribution in [2.24, 2.45) is 0 Å². The normalized spacial score (nSPS) is 11.3. The predicted molar refractivity (Wildman–Crippen MR) is 127 cm³/mol. The molecule has 4 aromatic rings. The van der Waals surface area contributed by atoms with E-state index in [4.69, 9.17) is 4.42 Å². The molecule has 0 aliphatic carbocycles. The van der Waals surface area contributed by atoms with Crippen LogP contribution in [0.15, 0.2) is 82.2 Å². The van der Waals surface area contributed by atoms with E-state index in [1.165, 1.54) is 30.5 Å². The van der Waals surface area contributed by atoms with Crippen LogP contribution in [0.3, 0.4) is 0 Å². The number of anilines is 2. The molecule has 0 aliphatic heterocycles. The lowest BCUT2D eigenvalue weighted by molar-refractivity contribution is -0.116. The Hall–Kier alpha value is -4.05. The zero-order chi connectivity index (χ0) is 25.0. The zero-order valence-electron chi connectivity index (χ0n) is 18.6. The van der Waals surface area contributed by atoms with Gasteiger partial charge in [0.05, 0.1) is 22.3 Å². The number of nitrogens with zero attached hydrogens (tertiary/aromatic N) is 1. The summed E-state index contributed by atoms with van der Waals surface area (Å²) in [7, 11) is -3.78. The molecule has 35 heavy (non-hydrogen) atoms. The van der Waals surface area contributed by atoms with E-state index in [2.05, 4.69) is 15.0 Å². The highest BCUT2D eigenvalue weighted by molar-refractivity contribution is 7.92. The van der Waals surface area contributed by atoms with Gasteiger partial charge in [-0.1, -0.05) is 24.3 Å². The summed E-state index contributed by atoms with van der Waals surface area (Å²) in [6, 6.07) is 16.0. The van der Waals surface area contributed by atoms with Crippen LogP contribution in [0.1, 0.15) is 17.9 Å². The summed E-state index contributed by atoms with van der Waals surface area (Å²) in [5.41, 5.74) is 1.50. The Morgan fingerprint density at radius 2 is 1.80 bits per heavy atom. The number of carbonyl (C=O) groups excluding carboxylic acids is 1. The van der Waals surface area contributed by atoms with Gasteiger partial charge in [-0.25, -0.2) is 22.2 Å². The van der Waals surface area contributed by atoms with Gasteiger partial charge in [0.25, 0.3) is 10.0 Å². The average molecular weight is 498 g/mol. The molecule has 0 fully saturated rings. The SMILES string of the molecule is Cc1ccc(NC(=O)CCc2ncc(-c3ccc(F)cc3F)o2)cc1NS(=O)(=O)c1ccccc1. The van der Waals surface area contributed by atoms with Crippen molar-refractivity contribution < 1.29 is 26.4 Å². The average Bonchev–Trinajstić information content (AvgIpc) is 3.29. The fourth-order valence-electron chi connectivity index (χ4n) is 3.30. The highest BCUT2D eigenvalue weighted by atomic mass is 32.2. The van der Waals surface area contributed by atoms with Crippen LogP contribution >= 0.6 is 0 Å². The van der Waals surface area contributed by atoms with Gasteiger partial charge in [-0.3, -0.25) is 9.52 Å². The Balaban J connectivity index is 1.39. The van der Waals surface area contributed by atoms with Crippen LogP contribution < -0.4 is 10.0 Å². The van der Waals surface area contributed by atoms with Gasteiger partial charge in [-0.2, -0.15) is 0 Å². The first kappa shape index (κ1) is 24.1. The van der Waals surface area contributed by atoms with E-state index in [0.29, 0.717) is 16.9 Å². The molecule has 0 bridgehead atoms. The molecule has 2 N–H and O–H groups in total. The summed E-state index contributed by atoms with van der Waals surface area (Å²) in [4.78, 5) is 16.6. The van der Waals surface area contributed by atoms with Gasteiger partial charge in [0.15, 0.2) is 11.7 Å². The summed E-state index contributed by atoms with van der Waals surface area (Å²) in [5, 5.41) is 2.71. The number of amides is 1. The number of aromatic nitrogens is 1. The molecule has 180 valence electrons. The summed E-state index contributed by atoms with van der Waals surface area (Å²) in [5.74, 6) is -1.47. The second kappa shape index (κ2) is 10.1. The summed E-state index contributed by atoms with van der Waals surface area (Å²) in [6.07, 6.45) is 1.48. The van der Waals surface area contributed by atoms with Gasteiger partial charge in [0, 0.05) is 24.6 Å². The van der Waals surface area contributed by atoms with Gasteiger partial charge < -0.3 is 9.73 Å². The number of rotatable bonds is 8. The number of carbonyl (C=O) groups is 1. The van der Waals surface area contributed by atoms with Gasteiger partial charge in [0.1, 0.15) is 11.6 Å². The standard InChI is InChI=1S/C25H21F2N3O4S/c1-16-7-9-18(14-22(16)30-35(32,33)19-5-3-2-4-6-19)29-24(31)11-12-25-28-15-23(34-25)20-10-8-17(26)13-21(20)27/h2-10,13-15,30H,11-12H2,1H3,(H,29,31). The smallest absolute Gasteiger partial charge is 0.261 e. The van der Waals surface area contributed by atoms with Crippen LogP contribution in [0, 0.1) is 18.6 Å². The monoisotopic (exact) mass is 497 g/mol. The van der Waals surface area contributed by atoms with Crippen molar-refractivity contribution in [1.29, 1.82) is 0 Å². The van der Waals surface area contributed by atoms with Gasteiger partial charge in [-0.05, 0) is 48.9 Å². The zero-order valence-corrected chi connectivity index (χ0v) is 19.4. The van der Waals surface area contributed by atoms with Gasteiger partial charge in [0.2, 0.25) is 5.91 Å². The number of aryl methyl sites for hydroxylation is 2. The Kier molecular flexibility index (Phi) is 6.92. The van der Waals surface area contributed by atoms with Crippen molar-refractivity contribution >= 4 is 27.3 Å². The number of hydrogen-bond acceptors (Lipinski definition) is 5. The Bertz CT molecular complexity index is 1470. The number of sulfonamides is 1. The van der Waals surface area contributed by atoms with Crippen molar-refractivity contribution in [1.82, 2.24) is 4.98 Å². The highest BCUT2D eigenvalue weighted by Crippen LogP contribution is 2.26. The number of hydrogen-bond donors (Lipinski definition) is 2. The molecule has 0 saturated heterocycles. The molecule has 0 radical (unpaired) electrons. The maximum atomic E-state index is 13.9. The van der Waals surface area contributed by atoms with Crippen LogP contribution in [0.5, 0.6) is 0 Å². The number of oxazole rings is 1. The lowest BCUT2D eigenvalue weighted by Crippen LogP contribution is -2.15. The fourth-order valence-corrected chi connectivity index (χ4v) is 4.44. The lowest BCUT2D eigenvalue weighted by atomic mass is 10.2. The van der Waals surface area contributed by atoms with Crippen molar-refractivity contribution in [3.63, 3.8) is 0 Å². The first-order valence-corrected chi connectivity index (χ1v) is 12.1. The van der Waals surface area contributed by atoms with Gasteiger partial charge in [-0.15, -0.1) is 0 Å². The van der Waals surface area contributed by atoms with Crippen molar-refractivity contribution in [3.8, 4) is 11.3 Å². The molecule has 3 aromatic carbocycles. The van der Waals surface area contributed by atoms with Crippen molar-refractivity contribution in [2.75, 3.05) is 10.0 Å². The van der Waals surface area contributed by atoms with Crippen molar-refractivity contribution in [2.45, 2.75) is 24.7 Å². The molecule has 10 heteroatoms. The molecule has 7 nitrogen and oxygen atoms in total. The molecular formula is C25H21F2N3O4S. The summed E-state index contributed by atoms with van der Waals surface area (Å²) >= 11 is 0. The Morgan fingerprint density at radius 1 is 1.03 bits per heavy atom. The third-order valence-electron chi connectivity index (χ3n) is 5.14. The summed E-state index contributed by atoms with van der Waals surface area (Å²) < 4.78 is 60.3. The van der Waals surface area contributed by atoms with E-state index in [1.807, 2.05) is 0 Å². The molecule has 0 spiro atoms. The molecule has 1 aromatic heterocycles. The molecular weight excluding hydrogens is 476 g/mol. The van der Waals surface area contributed by atoms with E-state index in [1.54, 1.807) is 37.3 Å². The van der Waals surface area contributed by atoms with E-state index >= 15 is 0 Å². The van der Waals surface area contributed by atoms with Crippen LogP contribution in [-0.4, -0.2) is 19.3 Å². The maximum absolute atomic E-state index is 13.9. The van der Waals surface area contributed by atoms with E-state index in [9.17, 15) is 22.0 Å². The molecule has 0 unspecified atom stereocenters. The first-order chi connectivity index (χ1) is 16.7. The van der Waals surface area contributed by atoms with E-state index < -0.39 is 21.7 Å². The van der Waals surface area contributed by atoms with Crippen LogP contribution in [-0.2, 0) is 21.2 Å². The predicted octanol–water partition coefficient (Wildman–Crippen LogP) is 5.30. The third-order valence-corrected chi connectivity index (χ3v) is 6.52. The Morgan fingerprint density at radius 3 is 2.54 bits per heavy atom. The maximum Gasteiger partial charge on any atom is 0.261 e. The van der Waals surface area contributed by atoms with E-state index in [0.717, 1.165) is 12.1 Å². The minimum atomic E-state index is -3.78. The summed E-state index contributed by atoms with van der Waals surface area (Å²) in [6.45, 7) is 1.75. The molecule has 0 saturated carbocycles. The van der Waals surface area contributed by atoms with E-state index in [-0.39, 0.29) is 40.9 Å². The van der Waals surface area contributed by atoms with Crippen LogP contribution in [0.25, 0.3) is 11.3 Å². The van der Waals surface area contributed by atoms with Crippen molar-refractivity contribution in [3.05, 3.63) is 96.0 Å². The molecule has 4 rings (SSSR count). The largest absolute Gasteiger partial charge is 0.441 e. The minimum absolute atomic E-state index is 0.0187. The third kappa shape index (κ3) is 5.90. The molecule has 1 amide bonds. The second-order valence-corrected chi connectivity index (χ2v) is 9.42.